The van der Waals surface area contributed by atoms with Crippen LogP contribution in [0.3, 0.4) is 0 Å². The van der Waals surface area contributed by atoms with Crippen LogP contribution in [0.25, 0.3) is 6.08 Å². The lowest BCUT2D eigenvalue weighted by Crippen LogP contribution is -2.56. The average molecular weight is 673 g/mol. The van der Waals surface area contributed by atoms with Crippen LogP contribution in [0.2, 0.25) is 18.1 Å². The van der Waals surface area contributed by atoms with Crippen LogP contribution in [-0.4, -0.2) is 80.6 Å². The van der Waals surface area contributed by atoms with Crippen LogP contribution in [0.15, 0.2) is 36.4 Å². The molecule has 4 aliphatic heterocycles. The molecule has 4 saturated heterocycles. The number of ether oxygens (including phenoxy) is 6. The van der Waals surface area contributed by atoms with E-state index in [2.05, 4.69) is 59.8 Å². The van der Waals surface area contributed by atoms with E-state index in [1.54, 1.807) is 0 Å². The highest BCUT2D eigenvalue weighted by Gasteiger charge is 2.54. The van der Waals surface area contributed by atoms with Crippen LogP contribution < -0.4 is 0 Å². The van der Waals surface area contributed by atoms with Crippen LogP contribution >= 0.6 is 0 Å². The fourth-order valence-electron chi connectivity index (χ4n) is 7.47. The maximum absolute atomic E-state index is 12.2. The maximum Gasteiger partial charge on any atom is 0.303 e. The van der Waals surface area contributed by atoms with Crippen LogP contribution in [0, 0.1) is 0 Å². The van der Waals surface area contributed by atoms with Gasteiger partial charge < -0.3 is 32.8 Å². The van der Waals surface area contributed by atoms with E-state index in [1.165, 1.54) is 6.92 Å². The molecule has 0 amide bonds. The van der Waals surface area contributed by atoms with Crippen molar-refractivity contribution in [2.45, 2.75) is 178 Å². The lowest BCUT2D eigenvalue weighted by atomic mass is 9.84. The smallest absolute Gasteiger partial charge is 0.303 e. The molecule has 0 aliphatic carbocycles. The summed E-state index contributed by atoms with van der Waals surface area (Å²) in [5, 5.41) is 0.0680. The summed E-state index contributed by atoms with van der Waals surface area (Å²) in [7, 11) is -2.13. The first kappa shape index (κ1) is 36.7. The van der Waals surface area contributed by atoms with E-state index in [4.69, 9.17) is 32.8 Å². The Balaban J connectivity index is 1.37. The summed E-state index contributed by atoms with van der Waals surface area (Å²) in [5.41, 5.74) is 0.0625. The third-order valence-electron chi connectivity index (χ3n) is 11.2. The standard InChI is InChI=1S/C38H60O8Si/c1-26(39)41-32-24-34-37(7,45-31(32)18-16-27-14-12-11-13-15-27)22-20-29-30(43-34)21-23-38(8,46-47(9,10)35(2,3)4)33(42-29)19-17-28-25-40-36(5,6)44-28/h11-16,18,28-34H,17,19-25H2,1-10H3/b18-16-/t28?,29-,30+,31-,32+,33+,34-,37+,38-/m0/s1. The zero-order valence-corrected chi connectivity index (χ0v) is 31.5. The molecule has 4 heterocycles. The molecule has 0 aromatic heterocycles. The number of hydrogen-bond acceptors (Lipinski definition) is 8. The van der Waals surface area contributed by atoms with Crippen molar-refractivity contribution in [1.82, 2.24) is 0 Å². The van der Waals surface area contributed by atoms with E-state index in [0.717, 1.165) is 44.1 Å². The SMILES string of the molecule is CC(=O)O[C@@H]1C[C@@H]2O[C@@H]3CC[C@](C)(O[Si](C)(C)C(C)(C)C)[C@@H](CCC4COC(C)(C)O4)O[C@H]3CC[C@@]2(C)O[C@H]1/C=C\c1ccccc1. The van der Waals surface area contributed by atoms with Crippen molar-refractivity contribution >= 4 is 20.4 Å². The number of hydrogen-bond donors (Lipinski definition) is 0. The van der Waals surface area contributed by atoms with E-state index in [1.807, 2.05) is 44.2 Å². The van der Waals surface area contributed by atoms with Gasteiger partial charge in [-0.05, 0) is 89.9 Å². The van der Waals surface area contributed by atoms with Crippen LogP contribution in [0.1, 0.15) is 106 Å². The Kier molecular flexibility index (Phi) is 10.9. The molecule has 0 bridgehead atoms. The summed E-state index contributed by atoms with van der Waals surface area (Å²) in [6.07, 6.45) is 8.20. The van der Waals surface area contributed by atoms with Gasteiger partial charge in [-0.1, -0.05) is 63.3 Å². The predicted octanol–water partition coefficient (Wildman–Crippen LogP) is 7.99. The number of carbonyl (C=O) groups excluding carboxylic acids is 1. The topological polar surface area (TPSA) is 81.7 Å². The summed E-state index contributed by atoms with van der Waals surface area (Å²) in [6, 6.07) is 10.1. The van der Waals surface area contributed by atoms with Crippen molar-refractivity contribution in [1.29, 1.82) is 0 Å². The second-order valence-electron chi connectivity index (χ2n) is 16.7. The summed E-state index contributed by atoms with van der Waals surface area (Å²) >= 11 is 0. The molecule has 4 fully saturated rings. The van der Waals surface area contributed by atoms with Gasteiger partial charge in [-0.2, -0.15) is 0 Å². The van der Waals surface area contributed by atoms with E-state index < -0.39 is 31.4 Å². The largest absolute Gasteiger partial charge is 0.459 e. The lowest BCUT2D eigenvalue weighted by molar-refractivity contribution is -0.234. The fraction of sp³-hybridized carbons (Fsp3) is 0.763. The van der Waals surface area contributed by atoms with Gasteiger partial charge in [0, 0.05) is 13.3 Å². The van der Waals surface area contributed by atoms with Crippen LogP contribution in [0.4, 0.5) is 0 Å². The van der Waals surface area contributed by atoms with Crippen LogP contribution in [-0.2, 0) is 37.6 Å². The molecule has 0 radical (unpaired) electrons. The number of esters is 1. The molecule has 1 aromatic carbocycles. The predicted molar refractivity (Wildman–Crippen MR) is 186 cm³/mol. The molecular weight excluding hydrogens is 612 g/mol. The second-order valence-corrected chi connectivity index (χ2v) is 21.4. The van der Waals surface area contributed by atoms with Gasteiger partial charge in [-0.15, -0.1) is 0 Å². The van der Waals surface area contributed by atoms with E-state index in [9.17, 15) is 4.79 Å². The van der Waals surface area contributed by atoms with Crippen molar-refractivity contribution < 1.29 is 37.6 Å². The molecule has 0 N–H and O–H groups in total. The molecule has 0 spiro atoms. The van der Waals surface area contributed by atoms with Gasteiger partial charge in [-0.3, -0.25) is 4.79 Å². The highest BCUT2D eigenvalue weighted by molar-refractivity contribution is 6.74. The highest BCUT2D eigenvalue weighted by atomic mass is 28.4. The lowest BCUT2D eigenvalue weighted by Gasteiger charge is -2.47. The van der Waals surface area contributed by atoms with Gasteiger partial charge in [0.1, 0.15) is 12.2 Å². The van der Waals surface area contributed by atoms with Gasteiger partial charge in [0.2, 0.25) is 0 Å². The van der Waals surface area contributed by atoms with Crippen molar-refractivity contribution in [2.24, 2.45) is 0 Å². The molecule has 0 saturated carbocycles. The maximum atomic E-state index is 12.2. The van der Waals surface area contributed by atoms with Gasteiger partial charge in [0.05, 0.1) is 48.3 Å². The summed E-state index contributed by atoms with van der Waals surface area (Å²) in [6.45, 7) is 21.9. The summed E-state index contributed by atoms with van der Waals surface area (Å²) in [5.74, 6) is -0.869. The summed E-state index contributed by atoms with van der Waals surface area (Å²) in [4.78, 5) is 12.2. The first-order valence-corrected chi connectivity index (χ1v) is 20.7. The molecule has 8 nitrogen and oxygen atoms in total. The van der Waals surface area contributed by atoms with E-state index >= 15 is 0 Å². The van der Waals surface area contributed by atoms with Gasteiger partial charge in [-0.25, -0.2) is 0 Å². The molecule has 4 aliphatic rings. The number of fused-ring (bicyclic) bond motifs is 2. The minimum Gasteiger partial charge on any atom is -0.459 e. The molecule has 264 valence electrons. The van der Waals surface area contributed by atoms with Gasteiger partial charge in [0.25, 0.3) is 0 Å². The van der Waals surface area contributed by atoms with Crippen molar-refractivity contribution in [2.75, 3.05) is 6.61 Å². The normalized spacial score (nSPS) is 37.9. The average Bonchev–Trinajstić information content (AvgIpc) is 3.19. The Labute approximate surface area is 284 Å². The zero-order chi connectivity index (χ0) is 34.3. The van der Waals surface area contributed by atoms with Crippen molar-refractivity contribution in [3.05, 3.63) is 42.0 Å². The van der Waals surface area contributed by atoms with Crippen LogP contribution in [0.5, 0.6) is 0 Å². The molecular formula is C38H60O8Si. The second kappa shape index (κ2) is 14.0. The third kappa shape index (κ3) is 8.77. The Bertz CT molecular complexity index is 1240. The van der Waals surface area contributed by atoms with E-state index in [-0.39, 0.29) is 47.6 Å². The Morgan fingerprint density at radius 1 is 0.979 bits per heavy atom. The quantitative estimate of drug-likeness (QED) is 0.203. The zero-order valence-electron chi connectivity index (χ0n) is 30.5. The Morgan fingerprint density at radius 3 is 2.30 bits per heavy atom. The number of benzene rings is 1. The van der Waals surface area contributed by atoms with Crippen molar-refractivity contribution in [3.8, 4) is 0 Å². The molecule has 9 heteroatoms. The van der Waals surface area contributed by atoms with Gasteiger partial charge in [0.15, 0.2) is 14.1 Å². The monoisotopic (exact) mass is 672 g/mol. The Morgan fingerprint density at radius 2 is 1.66 bits per heavy atom. The molecule has 1 aromatic rings. The summed E-state index contributed by atoms with van der Waals surface area (Å²) < 4.78 is 46.3. The minimum atomic E-state index is -2.13. The molecule has 9 atom stereocenters. The van der Waals surface area contributed by atoms with Gasteiger partial charge >= 0.3 is 5.97 Å². The minimum absolute atomic E-state index is 0.0319. The molecule has 5 rings (SSSR count). The van der Waals surface area contributed by atoms with Crippen molar-refractivity contribution in [3.63, 3.8) is 0 Å². The first-order chi connectivity index (χ1) is 21.9. The Hall–Kier alpha value is -1.59. The first-order valence-electron chi connectivity index (χ1n) is 17.8. The fourth-order valence-corrected chi connectivity index (χ4v) is 9.18. The number of rotatable bonds is 8. The molecule has 1 unspecified atom stereocenters. The number of carbonyl (C=O) groups is 1. The van der Waals surface area contributed by atoms with E-state index in [0.29, 0.717) is 13.0 Å². The molecule has 47 heavy (non-hydrogen) atoms. The highest BCUT2D eigenvalue weighted by Crippen LogP contribution is 2.47. The third-order valence-corrected chi connectivity index (χ3v) is 15.8.